The van der Waals surface area contributed by atoms with Crippen molar-refractivity contribution in [3.8, 4) is 0 Å². The third kappa shape index (κ3) is 8.53. The first-order chi connectivity index (χ1) is 30.5. The van der Waals surface area contributed by atoms with Crippen LogP contribution < -0.4 is 19.6 Å². The van der Waals surface area contributed by atoms with E-state index >= 15 is 0 Å². The van der Waals surface area contributed by atoms with Gasteiger partial charge in [-0.1, -0.05) is 85.8 Å². The fourth-order valence-electron chi connectivity index (χ4n) is 7.92. The maximum Gasteiger partial charge on any atom is 0.125 e. The Labute approximate surface area is 362 Å². The van der Waals surface area contributed by atoms with Crippen LogP contribution in [0.4, 0.5) is 77.0 Å². The summed E-state index contributed by atoms with van der Waals surface area (Å²) in [5.74, 6) is -0.601. The van der Waals surface area contributed by atoms with E-state index in [0.717, 1.165) is 74.7 Å². The van der Waals surface area contributed by atoms with E-state index in [1.54, 1.807) is 24.3 Å². The molecular formula is C56H44F2N4. The van der Waals surface area contributed by atoms with Crippen molar-refractivity contribution in [1.29, 1.82) is 0 Å². The molecule has 9 aromatic carbocycles. The number of hydrogen-bond acceptors (Lipinski definition) is 4. The normalized spacial score (nSPS) is 10.9. The smallest absolute Gasteiger partial charge is 0.125 e. The number of para-hydroxylation sites is 3. The summed E-state index contributed by atoms with van der Waals surface area (Å²) in [7, 11) is 0. The Morgan fingerprint density at radius 3 is 0.790 bits per heavy atom. The Bertz CT molecular complexity index is 2720. The number of nitrogens with zero attached hydrogens (tertiary/aromatic N) is 4. The molecule has 62 heavy (non-hydrogen) atoms. The third-order valence-corrected chi connectivity index (χ3v) is 10.9. The van der Waals surface area contributed by atoms with Gasteiger partial charge in [0.05, 0.1) is 0 Å². The van der Waals surface area contributed by atoms with Gasteiger partial charge < -0.3 is 19.6 Å². The molecule has 9 rings (SSSR count). The van der Waals surface area contributed by atoms with Gasteiger partial charge in [-0.3, -0.25) is 0 Å². The van der Waals surface area contributed by atoms with E-state index in [1.807, 2.05) is 78.9 Å². The molecule has 0 aliphatic heterocycles. The van der Waals surface area contributed by atoms with E-state index in [4.69, 9.17) is 0 Å². The van der Waals surface area contributed by atoms with Crippen LogP contribution in [-0.2, 0) is 6.42 Å². The topological polar surface area (TPSA) is 13.0 Å². The second-order valence-corrected chi connectivity index (χ2v) is 14.9. The Morgan fingerprint density at radius 1 is 0.258 bits per heavy atom. The molecule has 0 aliphatic carbocycles. The van der Waals surface area contributed by atoms with Gasteiger partial charge in [0, 0.05) is 68.2 Å². The molecule has 0 fully saturated rings. The molecule has 0 unspecified atom stereocenters. The zero-order chi connectivity index (χ0) is 42.3. The van der Waals surface area contributed by atoms with Crippen molar-refractivity contribution < 1.29 is 8.78 Å². The molecule has 0 aromatic heterocycles. The lowest BCUT2D eigenvalue weighted by Gasteiger charge is -2.30. The molecule has 9 aromatic rings. The van der Waals surface area contributed by atoms with Crippen LogP contribution >= 0.6 is 0 Å². The quantitative estimate of drug-likeness (QED) is 0.115. The first-order valence-electron chi connectivity index (χ1n) is 20.8. The second kappa shape index (κ2) is 18.1. The van der Waals surface area contributed by atoms with Crippen LogP contribution in [0.2, 0.25) is 0 Å². The lowest BCUT2D eigenvalue weighted by molar-refractivity contribution is 0.627. The zero-order valence-electron chi connectivity index (χ0n) is 34.3. The summed E-state index contributed by atoms with van der Waals surface area (Å²) in [6, 6.07) is 77.7. The molecule has 0 saturated heterocycles. The molecule has 0 spiro atoms. The largest absolute Gasteiger partial charge is 0.310 e. The van der Waals surface area contributed by atoms with Gasteiger partial charge >= 0.3 is 0 Å². The number of anilines is 12. The summed E-state index contributed by atoms with van der Waals surface area (Å²) < 4.78 is 29.3. The monoisotopic (exact) mass is 810 g/mol. The lowest BCUT2D eigenvalue weighted by Crippen LogP contribution is -2.14. The number of hydrogen-bond donors (Lipinski definition) is 0. The standard InChI is InChI=1S/C56H44F2N4/c1-2-42-15-12-24-54(39-42)60(45-18-6-3-7-19-45)51-33-27-48(28-34-51)59(49-29-35-52(36-30-49)61(46-20-8-4-9-21-46)55-25-13-16-43(57)40-55)50-31-37-53(38-32-50)62(47-22-10-5-11-23-47)56-26-14-17-44(58)41-56/h3-41H,2H2,1H3. The lowest BCUT2D eigenvalue weighted by atomic mass is 10.1. The van der Waals surface area contributed by atoms with Crippen molar-refractivity contribution in [3.63, 3.8) is 0 Å². The summed E-state index contributed by atoms with van der Waals surface area (Å²) in [4.78, 5) is 8.62. The summed E-state index contributed by atoms with van der Waals surface area (Å²) in [5, 5.41) is 0. The molecule has 0 aliphatic rings. The summed E-state index contributed by atoms with van der Waals surface area (Å²) >= 11 is 0. The van der Waals surface area contributed by atoms with Crippen molar-refractivity contribution in [2.75, 3.05) is 19.6 Å². The molecule has 0 N–H and O–H groups in total. The van der Waals surface area contributed by atoms with Crippen molar-refractivity contribution in [3.05, 3.63) is 254 Å². The Morgan fingerprint density at radius 2 is 0.500 bits per heavy atom. The highest BCUT2D eigenvalue weighted by atomic mass is 19.1. The minimum Gasteiger partial charge on any atom is -0.310 e. The van der Waals surface area contributed by atoms with Gasteiger partial charge in [-0.05, 0) is 170 Å². The molecule has 0 radical (unpaired) electrons. The minimum atomic E-state index is -0.301. The molecule has 0 heterocycles. The fourth-order valence-corrected chi connectivity index (χ4v) is 7.92. The summed E-state index contributed by atoms with van der Waals surface area (Å²) in [5.41, 5.74) is 12.3. The third-order valence-electron chi connectivity index (χ3n) is 10.9. The maximum atomic E-state index is 14.6. The first-order valence-corrected chi connectivity index (χ1v) is 20.8. The summed E-state index contributed by atoms with van der Waals surface area (Å²) in [6.07, 6.45) is 0.943. The average Bonchev–Trinajstić information content (AvgIpc) is 3.32. The van der Waals surface area contributed by atoms with Gasteiger partial charge in [-0.15, -0.1) is 0 Å². The molecule has 302 valence electrons. The highest BCUT2D eigenvalue weighted by molar-refractivity contribution is 5.85. The number of rotatable bonds is 13. The maximum absolute atomic E-state index is 14.6. The molecular weight excluding hydrogens is 767 g/mol. The van der Waals surface area contributed by atoms with Crippen LogP contribution in [0.15, 0.2) is 237 Å². The molecule has 6 heteroatoms. The van der Waals surface area contributed by atoms with E-state index in [-0.39, 0.29) is 11.6 Å². The minimum absolute atomic E-state index is 0.301. The van der Waals surface area contributed by atoms with Gasteiger partial charge in [0.1, 0.15) is 11.6 Å². The zero-order valence-corrected chi connectivity index (χ0v) is 34.3. The van der Waals surface area contributed by atoms with Gasteiger partial charge in [-0.2, -0.15) is 0 Å². The van der Waals surface area contributed by atoms with E-state index in [1.165, 1.54) is 17.7 Å². The van der Waals surface area contributed by atoms with E-state index < -0.39 is 0 Å². The highest BCUT2D eigenvalue weighted by Gasteiger charge is 2.20. The van der Waals surface area contributed by atoms with Crippen molar-refractivity contribution in [1.82, 2.24) is 0 Å². The van der Waals surface area contributed by atoms with E-state index in [2.05, 4.69) is 148 Å². The molecule has 0 amide bonds. The van der Waals surface area contributed by atoms with Gasteiger partial charge in [-0.25, -0.2) is 8.78 Å². The molecule has 0 atom stereocenters. The van der Waals surface area contributed by atoms with E-state index in [0.29, 0.717) is 0 Å². The van der Waals surface area contributed by atoms with E-state index in [9.17, 15) is 8.78 Å². The van der Waals surface area contributed by atoms with Crippen LogP contribution in [0.1, 0.15) is 12.5 Å². The molecule has 0 bridgehead atoms. The summed E-state index contributed by atoms with van der Waals surface area (Å²) in [6.45, 7) is 2.18. The first kappa shape index (κ1) is 39.5. The van der Waals surface area contributed by atoms with Gasteiger partial charge in [0.15, 0.2) is 0 Å². The van der Waals surface area contributed by atoms with Crippen LogP contribution in [0, 0.1) is 11.6 Å². The average molecular weight is 811 g/mol. The SMILES string of the molecule is CCc1cccc(N(c2ccccc2)c2ccc(N(c3ccc(N(c4ccccc4)c4cccc(F)c4)cc3)c3ccc(N(c4ccccc4)c4cccc(F)c4)cc3)cc2)c1. The van der Waals surface area contributed by atoms with Gasteiger partial charge in [0.25, 0.3) is 0 Å². The highest BCUT2D eigenvalue weighted by Crippen LogP contribution is 2.43. The fraction of sp³-hybridized carbons (Fsp3) is 0.0357. The Balaban J connectivity index is 1.14. The number of halogens is 2. The van der Waals surface area contributed by atoms with Crippen molar-refractivity contribution in [2.45, 2.75) is 13.3 Å². The number of benzene rings is 9. The molecule has 4 nitrogen and oxygen atoms in total. The predicted molar refractivity (Wildman–Crippen MR) is 254 cm³/mol. The Kier molecular flexibility index (Phi) is 11.5. The van der Waals surface area contributed by atoms with Crippen molar-refractivity contribution >= 4 is 68.2 Å². The van der Waals surface area contributed by atoms with Crippen LogP contribution in [-0.4, -0.2) is 0 Å². The second-order valence-electron chi connectivity index (χ2n) is 14.9. The van der Waals surface area contributed by atoms with Crippen LogP contribution in [0.5, 0.6) is 0 Å². The predicted octanol–water partition coefficient (Wildman–Crippen LogP) is 16.4. The molecule has 0 saturated carbocycles. The Hall–Kier alpha value is -7.96. The number of aryl methyl sites for hydroxylation is 1. The van der Waals surface area contributed by atoms with Crippen LogP contribution in [0.3, 0.4) is 0 Å². The van der Waals surface area contributed by atoms with Crippen molar-refractivity contribution in [2.24, 2.45) is 0 Å². The van der Waals surface area contributed by atoms with Gasteiger partial charge in [0.2, 0.25) is 0 Å². The van der Waals surface area contributed by atoms with Crippen LogP contribution in [0.25, 0.3) is 0 Å².